The quantitative estimate of drug-likeness (QED) is 0.604. The van der Waals surface area contributed by atoms with E-state index in [4.69, 9.17) is 0 Å². The number of amides is 6. The molecule has 1 unspecified atom stereocenters. The van der Waals surface area contributed by atoms with Gasteiger partial charge in [0.25, 0.3) is 5.91 Å². The average molecular weight is 437 g/mol. The molecule has 0 bridgehead atoms. The van der Waals surface area contributed by atoms with Crippen molar-refractivity contribution >= 4 is 29.6 Å². The van der Waals surface area contributed by atoms with E-state index in [0.29, 0.717) is 11.3 Å². The summed E-state index contributed by atoms with van der Waals surface area (Å²) in [5, 5.41) is 7.39. The zero-order valence-electron chi connectivity index (χ0n) is 18.7. The maximum Gasteiger partial charge on any atom is 0.325 e. The molecule has 3 rings (SSSR count). The summed E-state index contributed by atoms with van der Waals surface area (Å²) in [5.74, 6) is -1.31. The van der Waals surface area contributed by atoms with Crippen molar-refractivity contribution in [2.24, 2.45) is 0 Å². The van der Waals surface area contributed by atoms with E-state index >= 15 is 0 Å². The third kappa shape index (κ3) is 4.80. The van der Waals surface area contributed by atoms with Crippen LogP contribution < -0.4 is 16.0 Å². The third-order valence-corrected chi connectivity index (χ3v) is 5.66. The molecule has 8 heteroatoms. The van der Waals surface area contributed by atoms with Gasteiger partial charge in [0, 0.05) is 5.69 Å². The first kappa shape index (κ1) is 23.0. The Morgan fingerprint density at radius 3 is 2.34 bits per heavy atom. The van der Waals surface area contributed by atoms with Crippen molar-refractivity contribution in [3.05, 3.63) is 64.7 Å². The number of carbonyl (C=O) groups excluding carboxylic acids is 4. The fourth-order valence-electron chi connectivity index (χ4n) is 3.62. The summed E-state index contributed by atoms with van der Waals surface area (Å²) >= 11 is 0. The number of nitrogens with zero attached hydrogens (tertiary/aromatic N) is 1. The Morgan fingerprint density at radius 2 is 1.72 bits per heavy atom. The molecule has 32 heavy (non-hydrogen) atoms. The van der Waals surface area contributed by atoms with Crippen LogP contribution in [0.2, 0.25) is 0 Å². The second-order valence-corrected chi connectivity index (χ2v) is 8.19. The highest BCUT2D eigenvalue weighted by Crippen LogP contribution is 2.29. The van der Waals surface area contributed by atoms with Gasteiger partial charge in [-0.2, -0.15) is 0 Å². The second kappa shape index (κ2) is 9.21. The van der Waals surface area contributed by atoms with Gasteiger partial charge in [-0.15, -0.1) is 0 Å². The Bertz CT molecular complexity index is 1060. The molecule has 0 saturated carbocycles. The molecule has 1 saturated heterocycles. The summed E-state index contributed by atoms with van der Waals surface area (Å²) in [7, 11) is 0. The lowest BCUT2D eigenvalue weighted by Crippen LogP contribution is -2.45. The van der Waals surface area contributed by atoms with Gasteiger partial charge in [-0.1, -0.05) is 43.7 Å². The smallest absolute Gasteiger partial charge is 0.319 e. The summed E-state index contributed by atoms with van der Waals surface area (Å²) in [5.41, 5.74) is 3.11. The van der Waals surface area contributed by atoms with Crippen LogP contribution in [0.15, 0.2) is 42.5 Å². The van der Waals surface area contributed by atoms with Gasteiger partial charge in [-0.3, -0.25) is 19.8 Å². The fraction of sp³-hybridized carbons (Fsp3) is 0.333. The first-order valence-corrected chi connectivity index (χ1v) is 10.6. The molecule has 8 nitrogen and oxygen atoms in total. The zero-order chi connectivity index (χ0) is 23.5. The molecule has 0 spiro atoms. The summed E-state index contributed by atoms with van der Waals surface area (Å²) in [6.45, 7) is 6.99. The molecule has 2 aromatic carbocycles. The lowest BCUT2D eigenvalue weighted by molar-refractivity contribution is -0.134. The standard InChI is InChI=1S/C24H28N4O4/c1-5-6-17-8-10-18(11-9-17)24(4)21(30)28(23(32)27-24)14-20(29)26-22(31)25-19-12-7-15(2)16(3)13-19/h7-13H,5-6,14H2,1-4H3,(H,27,32)(H2,25,26,29,31). The van der Waals surface area contributed by atoms with Crippen LogP contribution in [0.5, 0.6) is 0 Å². The first-order valence-electron chi connectivity index (χ1n) is 10.6. The number of carbonyl (C=O) groups is 4. The minimum Gasteiger partial charge on any atom is -0.319 e. The molecule has 1 fully saturated rings. The van der Waals surface area contributed by atoms with Crippen LogP contribution in [0.1, 0.15) is 42.5 Å². The van der Waals surface area contributed by atoms with Gasteiger partial charge in [0.1, 0.15) is 12.1 Å². The Hall–Kier alpha value is -3.68. The van der Waals surface area contributed by atoms with Crippen LogP contribution in [-0.2, 0) is 21.5 Å². The molecule has 0 aromatic heterocycles. The molecule has 0 radical (unpaired) electrons. The fourth-order valence-corrected chi connectivity index (χ4v) is 3.62. The number of hydrogen-bond donors (Lipinski definition) is 3. The van der Waals surface area contributed by atoms with Crippen molar-refractivity contribution in [1.82, 2.24) is 15.5 Å². The van der Waals surface area contributed by atoms with E-state index in [2.05, 4.69) is 22.9 Å². The van der Waals surface area contributed by atoms with Gasteiger partial charge >= 0.3 is 12.1 Å². The molecule has 1 atom stereocenters. The molecule has 3 N–H and O–H groups in total. The van der Waals surface area contributed by atoms with Gasteiger partial charge in [0.15, 0.2) is 0 Å². The highest BCUT2D eigenvalue weighted by Gasteiger charge is 2.49. The molecule has 1 aliphatic heterocycles. The van der Waals surface area contributed by atoms with Crippen LogP contribution in [0.3, 0.4) is 0 Å². The third-order valence-electron chi connectivity index (χ3n) is 5.66. The van der Waals surface area contributed by atoms with E-state index in [0.717, 1.165) is 34.4 Å². The van der Waals surface area contributed by atoms with E-state index in [1.54, 1.807) is 19.1 Å². The van der Waals surface area contributed by atoms with Crippen molar-refractivity contribution in [1.29, 1.82) is 0 Å². The van der Waals surface area contributed by atoms with E-state index in [9.17, 15) is 19.2 Å². The first-order chi connectivity index (χ1) is 15.1. The van der Waals surface area contributed by atoms with Crippen LogP contribution in [0, 0.1) is 13.8 Å². The number of urea groups is 2. The highest BCUT2D eigenvalue weighted by molar-refractivity contribution is 6.10. The van der Waals surface area contributed by atoms with E-state index in [1.807, 2.05) is 44.2 Å². The Kier molecular flexibility index (Phi) is 6.62. The summed E-state index contributed by atoms with van der Waals surface area (Å²) < 4.78 is 0. The van der Waals surface area contributed by atoms with E-state index in [-0.39, 0.29) is 0 Å². The van der Waals surface area contributed by atoms with Gasteiger partial charge in [-0.25, -0.2) is 9.59 Å². The number of nitrogens with one attached hydrogen (secondary N) is 3. The Balaban J connectivity index is 1.63. The summed E-state index contributed by atoms with van der Waals surface area (Å²) in [6, 6.07) is 11.4. The number of hydrogen-bond acceptors (Lipinski definition) is 4. The number of benzene rings is 2. The van der Waals surface area contributed by atoms with Crippen molar-refractivity contribution in [2.45, 2.75) is 46.1 Å². The zero-order valence-corrected chi connectivity index (χ0v) is 18.7. The van der Waals surface area contributed by atoms with E-state index < -0.39 is 36.0 Å². The molecule has 168 valence electrons. The molecule has 1 heterocycles. The summed E-state index contributed by atoms with van der Waals surface area (Å²) in [4.78, 5) is 50.7. The monoisotopic (exact) mass is 436 g/mol. The van der Waals surface area contributed by atoms with Crippen molar-refractivity contribution in [3.8, 4) is 0 Å². The van der Waals surface area contributed by atoms with Crippen LogP contribution in [-0.4, -0.2) is 35.3 Å². The predicted molar refractivity (Wildman–Crippen MR) is 121 cm³/mol. The minimum absolute atomic E-state index is 0.535. The molecule has 6 amide bonds. The number of imide groups is 2. The predicted octanol–water partition coefficient (Wildman–Crippen LogP) is 3.37. The minimum atomic E-state index is -1.27. The molecular formula is C24H28N4O4. The van der Waals surface area contributed by atoms with Gasteiger partial charge < -0.3 is 10.6 Å². The Morgan fingerprint density at radius 1 is 1.03 bits per heavy atom. The second-order valence-electron chi connectivity index (χ2n) is 8.19. The van der Waals surface area contributed by atoms with Gasteiger partial charge in [0.05, 0.1) is 0 Å². The van der Waals surface area contributed by atoms with E-state index in [1.165, 1.54) is 0 Å². The van der Waals surface area contributed by atoms with Gasteiger partial charge in [0.2, 0.25) is 5.91 Å². The lowest BCUT2D eigenvalue weighted by atomic mass is 9.91. The van der Waals surface area contributed by atoms with Gasteiger partial charge in [-0.05, 0) is 61.6 Å². The van der Waals surface area contributed by atoms with Crippen LogP contribution in [0.25, 0.3) is 0 Å². The SMILES string of the molecule is CCCc1ccc(C2(C)NC(=O)N(CC(=O)NC(=O)Nc3ccc(C)c(C)c3)C2=O)cc1. The largest absolute Gasteiger partial charge is 0.325 e. The van der Waals surface area contributed by atoms with Crippen molar-refractivity contribution < 1.29 is 19.2 Å². The van der Waals surface area contributed by atoms with Crippen molar-refractivity contribution in [2.75, 3.05) is 11.9 Å². The number of aryl methyl sites for hydroxylation is 3. The summed E-state index contributed by atoms with van der Waals surface area (Å²) in [6.07, 6.45) is 1.93. The topological polar surface area (TPSA) is 108 Å². The lowest BCUT2D eigenvalue weighted by Gasteiger charge is -2.22. The number of anilines is 1. The molecule has 0 aliphatic carbocycles. The molecule has 2 aromatic rings. The van der Waals surface area contributed by atoms with Crippen LogP contribution in [0.4, 0.5) is 15.3 Å². The normalized spacial score (nSPS) is 17.8. The molecule has 1 aliphatic rings. The molecular weight excluding hydrogens is 408 g/mol. The van der Waals surface area contributed by atoms with Crippen LogP contribution >= 0.6 is 0 Å². The highest BCUT2D eigenvalue weighted by atomic mass is 16.2. The maximum atomic E-state index is 13.0. The van der Waals surface area contributed by atoms with Crippen molar-refractivity contribution in [3.63, 3.8) is 0 Å². The number of rotatable bonds is 6. The maximum absolute atomic E-state index is 13.0. The Labute approximate surface area is 187 Å². The average Bonchev–Trinajstić information content (AvgIpc) is 2.95.